The topological polar surface area (TPSA) is 45.4 Å². The van der Waals surface area contributed by atoms with Crippen LogP contribution in [0.1, 0.15) is 57.4 Å². The second kappa shape index (κ2) is 5.45. The van der Waals surface area contributed by atoms with Crippen molar-refractivity contribution >= 4 is 0 Å². The normalized spacial score (nSPS) is 23.7. The first-order valence-electron chi connectivity index (χ1n) is 6.95. The van der Waals surface area contributed by atoms with Crippen LogP contribution in [0, 0.1) is 5.41 Å². The van der Waals surface area contributed by atoms with E-state index in [1.807, 2.05) is 0 Å². The lowest BCUT2D eigenvalue weighted by Gasteiger charge is -2.36. The van der Waals surface area contributed by atoms with Crippen LogP contribution >= 0.6 is 0 Å². The van der Waals surface area contributed by atoms with Crippen molar-refractivity contribution in [1.29, 1.82) is 0 Å². The quantitative estimate of drug-likeness (QED) is 0.845. The molecule has 0 fully saturated rings. The van der Waals surface area contributed by atoms with Crippen LogP contribution in [-0.2, 0) is 6.42 Å². The Morgan fingerprint density at radius 3 is 3.06 bits per heavy atom. The van der Waals surface area contributed by atoms with Gasteiger partial charge >= 0.3 is 0 Å². The number of hydrogen-bond acceptors (Lipinski definition) is 3. The zero-order valence-corrected chi connectivity index (χ0v) is 11.7. The van der Waals surface area contributed by atoms with Gasteiger partial charge in [-0.1, -0.05) is 13.8 Å². The molecule has 1 aliphatic rings. The van der Waals surface area contributed by atoms with Crippen LogP contribution in [0.2, 0.25) is 0 Å². The summed E-state index contributed by atoms with van der Waals surface area (Å²) >= 11 is 0. The van der Waals surface area contributed by atoms with Crippen molar-refractivity contribution in [3.8, 4) is 0 Å². The molecular formula is C15H25NO2. The smallest absolute Gasteiger partial charge is 0.109 e. The summed E-state index contributed by atoms with van der Waals surface area (Å²) in [5, 5.41) is 12.6. The minimum absolute atomic E-state index is 0.277. The first kappa shape index (κ1) is 13.6. The lowest BCUT2D eigenvalue weighted by atomic mass is 9.74. The molecule has 0 radical (unpaired) electrons. The highest BCUT2D eigenvalue weighted by Crippen LogP contribution is 2.41. The summed E-state index contributed by atoms with van der Waals surface area (Å²) in [7, 11) is 0. The van der Waals surface area contributed by atoms with E-state index in [2.05, 4.69) is 32.2 Å². The molecule has 1 heterocycles. The van der Waals surface area contributed by atoms with Crippen LogP contribution in [0.5, 0.6) is 0 Å². The maximum absolute atomic E-state index is 8.89. The lowest BCUT2D eigenvalue weighted by molar-refractivity contribution is 0.220. The fourth-order valence-corrected chi connectivity index (χ4v) is 2.95. The molecule has 3 nitrogen and oxygen atoms in total. The van der Waals surface area contributed by atoms with E-state index in [-0.39, 0.29) is 6.61 Å². The van der Waals surface area contributed by atoms with Crippen molar-refractivity contribution < 1.29 is 9.52 Å². The average Bonchev–Trinajstić information content (AvgIpc) is 2.72. The first-order valence-corrected chi connectivity index (χ1v) is 6.95. The van der Waals surface area contributed by atoms with Crippen molar-refractivity contribution in [2.75, 3.05) is 6.61 Å². The second-order valence-electron chi connectivity index (χ2n) is 6.33. The van der Waals surface area contributed by atoms with E-state index in [9.17, 15) is 0 Å². The molecule has 1 aliphatic carbocycles. The van der Waals surface area contributed by atoms with Crippen molar-refractivity contribution in [1.82, 2.24) is 5.32 Å². The molecule has 0 spiro atoms. The van der Waals surface area contributed by atoms with Gasteiger partial charge in [-0.3, -0.25) is 0 Å². The largest absolute Gasteiger partial charge is 0.469 e. The summed E-state index contributed by atoms with van der Waals surface area (Å²) in [5.74, 6) is 1.14. The van der Waals surface area contributed by atoms with Crippen molar-refractivity contribution in [2.45, 2.75) is 58.5 Å². The van der Waals surface area contributed by atoms with Crippen LogP contribution in [0.3, 0.4) is 0 Å². The summed E-state index contributed by atoms with van der Waals surface area (Å²) in [6.45, 7) is 7.06. The number of furan rings is 1. The van der Waals surface area contributed by atoms with E-state index in [1.54, 1.807) is 6.26 Å². The summed E-state index contributed by atoms with van der Waals surface area (Å²) in [5.41, 5.74) is 1.62. The Labute approximate surface area is 110 Å². The zero-order chi connectivity index (χ0) is 13.2. The van der Waals surface area contributed by atoms with Crippen LogP contribution in [-0.4, -0.2) is 17.8 Å². The third-order valence-corrected chi connectivity index (χ3v) is 3.83. The minimum Gasteiger partial charge on any atom is -0.469 e. The number of rotatable bonds is 5. The molecule has 0 saturated carbocycles. The molecule has 0 amide bonds. The molecule has 2 unspecified atom stereocenters. The predicted molar refractivity (Wildman–Crippen MR) is 72.5 cm³/mol. The maximum atomic E-state index is 8.89. The van der Waals surface area contributed by atoms with Gasteiger partial charge in [0, 0.05) is 30.7 Å². The molecule has 18 heavy (non-hydrogen) atoms. The molecule has 1 aromatic heterocycles. The van der Waals surface area contributed by atoms with E-state index in [0.29, 0.717) is 17.5 Å². The number of nitrogens with one attached hydrogen (secondary N) is 1. The van der Waals surface area contributed by atoms with Gasteiger partial charge in [0.15, 0.2) is 0 Å². The monoisotopic (exact) mass is 251 g/mol. The van der Waals surface area contributed by atoms with E-state index in [4.69, 9.17) is 9.52 Å². The van der Waals surface area contributed by atoms with Crippen LogP contribution in [0.25, 0.3) is 0 Å². The van der Waals surface area contributed by atoms with Crippen LogP contribution in [0.15, 0.2) is 16.7 Å². The highest BCUT2D eigenvalue weighted by molar-refractivity contribution is 5.26. The molecule has 0 aromatic carbocycles. The van der Waals surface area contributed by atoms with E-state index < -0.39 is 0 Å². The Balaban J connectivity index is 2.04. The first-order chi connectivity index (χ1) is 8.52. The molecule has 0 bridgehead atoms. The summed E-state index contributed by atoms with van der Waals surface area (Å²) in [4.78, 5) is 0. The Morgan fingerprint density at radius 2 is 2.33 bits per heavy atom. The highest BCUT2D eigenvalue weighted by atomic mass is 16.3. The number of aliphatic hydroxyl groups is 1. The summed E-state index contributed by atoms with van der Waals surface area (Å²) in [6, 6.07) is 2.91. The van der Waals surface area contributed by atoms with Crippen molar-refractivity contribution in [3.63, 3.8) is 0 Å². The third kappa shape index (κ3) is 3.15. The van der Waals surface area contributed by atoms with Gasteiger partial charge in [0.2, 0.25) is 0 Å². The lowest BCUT2D eigenvalue weighted by Crippen LogP contribution is -2.37. The van der Waals surface area contributed by atoms with Gasteiger partial charge in [0.05, 0.1) is 6.26 Å². The summed E-state index contributed by atoms with van der Waals surface area (Å²) < 4.78 is 5.60. The van der Waals surface area contributed by atoms with Gasteiger partial charge in [0.25, 0.3) is 0 Å². The van der Waals surface area contributed by atoms with Crippen LogP contribution < -0.4 is 5.32 Å². The zero-order valence-electron chi connectivity index (χ0n) is 11.7. The number of fused-ring (bicyclic) bond motifs is 1. The molecule has 102 valence electrons. The Morgan fingerprint density at radius 1 is 1.56 bits per heavy atom. The average molecular weight is 251 g/mol. The third-order valence-electron chi connectivity index (χ3n) is 3.83. The molecule has 2 rings (SSSR count). The van der Waals surface area contributed by atoms with E-state index in [0.717, 1.165) is 31.4 Å². The predicted octanol–water partition coefficient (Wildman–Crippen LogP) is 3.04. The molecule has 3 heteroatoms. The van der Waals surface area contributed by atoms with E-state index >= 15 is 0 Å². The molecule has 2 atom stereocenters. The maximum Gasteiger partial charge on any atom is 0.109 e. The fourth-order valence-electron chi connectivity index (χ4n) is 2.95. The molecule has 0 saturated heterocycles. The van der Waals surface area contributed by atoms with E-state index in [1.165, 1.54) is 5.56 Å². The molecule has 2 N–H and O–H groups in total. The summed E-state index contributed by atoms with van der Waals surface area (Å²) in [6.07, 6.45) is 5.85. The standard InChI is InChI=1S/C15H25NO2/c1-11(5-4-7-17)16-13-9-15(2,3)10-14-12(13)6-8-18-14/h6,8,11,13,16-17H,4-5,7,9-10H2,1-3H3. The Kier molecular flexibility index (Phi) is 4.13. The fraction of sp³-hybridized carbons (Fsp3) is 0.733. The van der Waals surface area contributed by atoms with Gasteiger partial charge in [0.1, 0.15) is 5.76 Å². The highest BCUT2D eigenvalue weighted by Gasteiger charge is 2.34. The van der Waals surface area contributed by atoms with Gasteiger partial charge in [-0.05, 0) is 37.7 Å². The Bertz CT molecular complexity index is 384. The van der Waals surface area contributed by atoms with Crippen molar-refractivity contribution in [3.05, 3.63) is 23.7 Å². The van der Waals surface area contributed by atoms with Gasteiger partial charge in [-0.25, -0.2) is 0 Å². The van der Waals surface area contributed by atoms with Gasteiger partial charge in [-0.2, -0.15) is 0 Å². The minimum atomic E-state index is 0.277. The SMILES string of the molecule is CC(CCCO)NC1CC(C)(C)Cc2occc21. The molecule has 0 aliphatic heterocycles. The molecular weight excluding hydrogens is 226 g/mol. The number of hydrogen-bond donors (Lipinski definition) is 2. The van der Waals surface area contributed by atoms with Gasteiger partial charge < -0.3 is 14.8 Å². The number of aliphatic hydroxyl groups excluding tert-OH is 1. The second-order valence-corrected chi connectivity index (χ2v) is 6.33. The van der Waals surface area contributed by atoms with Crippen molar-refractivity contribution in [2.24, 2.45) is 5.41 Å². The van der Waals surface area contributed by atoms with Gasteiger partial charge in [-0.15, -0.1) is 0 Å². The van der Waals surface area contributed by atoms with Crippen LogP contribution in [0.4, 0.5) is 0 Å². The Hall–Kier alpha value is -0.800. The molecule has 1 aromatic rings.